The van der Waals surface area contributed by atoms with E-state index in [9.17, 15) is 0 Å². The average molecular weight is 279 g/mol. The van der Waals surface area contributed by atoms with E-state index in [0.717, 1.165) is 36.8 Å². The van der Waals surface area contributed by atoms with E-state index in [1.165, 1.54) is 0 Å². The largest absolute Gasteiger partial charge is 0.490 e. The summed E-state index contributed by atoms with van der Waals surface area (Å²) in [5.41, 5.74) is 1.24. The summed E-state index contributed by atoms with van der Waals surface area (Å²) < 4.78 is 5.88. The van der Waals surface area contributed by atoms with Gasteiger partial charge in [-0.3, -0.25) is 0 Å². The summed E-state index contributed by atoms with van der Waals surface area (Å²) in [5.74, 6) is 2.01. The van der Waals surface area contributed by atoms with Gasteiger partial charge in [-0.1, -0.05) is 41.5 Å². The normalized spacial score (nSPS) is 11.9. The van der Waals surface area contributed by atoms with Crippen molar-refractivity contribution in [2.24, 2.45) is 5.41 Å². The van der Waals surface area contributed by atoms with Gasteiger partial charge >= 0.3 is 0 Å². The fraction of sp³-hybridized carbons (Fsp3) is 0.750. The maximum atomic E-state index is 5.88. The van der Waals surface area contributed by atoms with Gasteiger partial charge in [-0.25, -0.2) is 9.97 Å². The Balaban J connectivity index is 2.77. The van der Waals surface area contributed by atoms with Crippen LogP contribution in [0.4, 0.5) is 0 Å². The molecule has 0 fully saturated rings. The predicted molar refractivity (Wildman–Crippen MR) is 83.1 cm³/mol. The third-order valence-electron chi connectivity index (χ3n) is 3.02. The lowest BCUT2D eigenvalue weighted by Gasteiger charge is -2.19. The van der Waals surface area contributed by atoms with Gasteiger partial charge in [0.15, 0.2) is 5.75 Å². The van der Waals surface area contributed by atoms with Gasteiger partial charge in [0, 0.05) is 12.5 Å². The summed E-state index contributed by atoms with van der Waals surface area (Å²) in [6.07, 6.45) is 2.83. The fourth-order valence-electron chi connectivity index (χ4n) is 1.66. The van der Waals surface area contributed by atoms with Gasteiger partial charge in [0.25, 0.3) is 0 Å². The minimum absolute atomic E-state index is 0.278. The molecule has 1 heterocycles. The molecule has 4 nitrogen and oxygen atoms in total. The van der Waals surface area contributed by atoms with Crippen molar-refractivity contribution < 1.29 is 4.74 Å². The highest BCUT2D eigenvalue weighted by Crippen LogP contribution is 2.22. The zero-order valence-corrected chi connectivity index (χ0v) is 13.8. The van der Waals surface area contributed by atoms with Gasteiger partial charge in [-0.15, -0.1) is 0 Å². The van der Waals surface area contributed by atoms with Crippen LogP contribution in [0.15, 0.2) is 6.20 Å². The maximum absolute atomic E-state index is 5.88. The molecule has 0 bridgehead atoms. The minimum Gasteiger partial charge on any atom is -0.490 e. The molecule has 0 amide bonds. The van der Waals surface area contributed by atoms with Crippen LogP contribution in [0.25, 0.3) is 0 Å². The minimum atomic E-state index is 0.278. The first-order chi connectivity index (χ1) is 9.33. The lowest BCUT2D eigenvalue weighted by atomic mass is 9.93. The van der Waals surface area contributed by atoms with Crippen molar-refractivity contribution in [1.29, 1.82) is 0 Å². The van der Waals surface area contributed by atoms with Gasteiger partial charge in [-0.2, -0.15) is 0 Å². The SMILES string of the molecule is CCNCc1nc(C(C)C)ncc1OCCC(C)(C)C. The molecule has 1 N–H and O–H groups in total. The average Bonchev–Trinajstić information content (AvgIpc) is 2.35. The first-order valence-corrected chi connectivity index (χ1v) is 7.53. The number of ether oxygens (including phenoxy) is 1. The summed E-state index contributed by atoms with van der Waals surface area (Å²) in [4.78, 5) is 9.02. The number of aromatic nitrogens is 2. The molecule has 0 aliphatic heterocycles. The van der Waals surface area contributed by atoms with Crippen LogP contribution >= 0.6 is 0 Å². The Labute approximate surface area is 123 Å². The smallest absolute Gasteiger partial charge is 0.160 e. The highest BCUT2D eigenvalue weighted by Gasteiger charge is 2.13. The van der Waals surface area contributed by atoms with E-state index in [-0.39, 0.29) is 5.41 Å². The lowest BCUT2D eigenvalue weighted by molar-refractivity contribution is 0.239. The summed E-state index contributed by atoms with van der Waals surface area (Å²) in [6, 6.07) is 0. The Kier molecular flexibility index (Phi) is 6.40. The molecule has 1 aromatic heterocycles. The monoisotopic (exact) mass is 279 g/mol. The molecular weight excluding hydrogens is 250 g/mol. The number of nitrogens with zero attached hydrogens (tertiary/aromatic N) is 2. The molecule has 0 saturated heterocycles. The van der Waals surface area contributed by atoms with Crippen LogP contribution in [0.3, 0.4) is 0 Å². The summed E-state index contributed by atoms with van der Waals surface area (Å²) in [7, 11) is 0. The van der Waals surface area contributed by atoms with Crippen LogP contribution in [-0.4, -0.2) is 23.1 Å². The highest BCUT2D eigenvalue weighted by molar-refractivity contribution is 5.25. The van der Waals surface area contributed by atoms with E-state index in [1.807, 2.05) is 6.20 Å². The molecule has 20 heavy (non-hydrogen) atoms. The molecule has 114 valence electrons. The van der Waals surface area contributed by atoms with E-state index in [0.29, 0.717) is 12.5 Å². The van der Waals surface area contributed by atoms with Gasteiger partial charge < -0.3 is 10.1 Å². The zero-order valence-electron chi connectivity index (χ0n) is 13.8. The van der Waals surface area contributed by atoms with E-state index >= 15 is 0 Å². The molecule has 0 aliphatic carbocycles. The molecule has 1 aromatic rings. The van der Waals surface area contributed by atoms with Gasteiger partial charge in [0.05, 0.1) is 18.5 Å². The van der Waals surface area contributed by atoms with Crippen LogP contribution in [0.5, 0.6) is 5.75 Å². The molecule has 0 unspecified atom stereocenters. The topological polar surface area (TPSA) is 47.0 Å². The van der Waals surface area contributed by atoms with Crippen LogP contribution in [-0.2, 0) is 6.54 Å². The molecule has 0 aromatic carbocycles. The molecule has 4 heteroatoms. The van der Waals surface area contributed by atoms with Crippen LogP contribution < -0.4 is 10.1 Å². The molecule has 0 spiro atoms. The number of nitrogens with one attached hydrogen (secondary N) is 1. The van der Waals surface area contributed by atoms with Crippen molar-refractivity contribution in [3.05, 3.63) is 17.7 Å². The third-order valence-corrected chi connectivity index (χ3v) is 3.02. The Morgan fingerprint density at radius 1 is 1.30 bits per heavy atom. The van der Waals surface area contributed by atoms with Crippen molar-refractivity contribution in [3.63, 3.8) is 0 Å². The standard InChI is InChI=1S/C16H29N3O/c1-7-17-10-13-14(20-9-8-16(4,5)6)11-18-15(19-13)12(2)3/h11-12,17H,7-10H2,1-6H3. The number of rotatable bonds is 7. The van der Waals surface area contributed by atoms with Crippen LogP contribution in [0.1, 0.15) is 65.4 Å². The van der Waals surface area contributed by atoms with Crippen molar-refractivity contribution in [2.75, 3.05) is 13.2 Å². The molecule has 0 aliphatic rings. The Bertz CT molecular complexity index is 411. The van der Waals surface area contributed by atoms with Crippen LogP contribution in [0.2, 0.25) is 0 Å². The number of hydrogen-bond donors (Lipinski definition) is 1. The molecule has 0 radical (unpaired) electrons. The Hall–Kier alpha value is -1.16. The Morgan fingerprint density at radius 2 is 2.00 bits per heavy atom. The highest BCUT2D eigenvalue weighted by atomic mass is 16.5. The van der Waals surface area contributed by atoms with Gasteiger partial charge in [-0.05, 0) is 18.4 Å². The molecular formula is C16H29N3O. The van der Waals surface area contributed by atoms with E-state index < -0.39 is 0 Å². The summed E-state index contributed by atoms with van der Waals surface area (Å²) in [5, 5.41) is 3.31. The predicted octanol–water partition coefficient (Wildman–Crippen LogP) is 3.52. The quantitative estimate of drug-likeness (QED) is 0.829. The van der Waals surface area contributed by atoms with Crippen LogP contribution in [0, 0.1) is 5.41 Å². The van der Waals surface area contributed by atoms with E-state index in [2.05, 4.69) is 56.8 Å². The summed E-state index contributed by atoms with van der Waals surface area (Å²) in [6.45, 7) is 15.3. The molecule has 0 atom stereocenters. The Morgan fingerprint density at radius 3 is 2.55 bits per heavy atom. The second kappa shape index (κ2) is 7.58. The number of hydrogen-bond acceptors (Lipinski definition) is 4. The van der Waals surface area contributed by atoms with E-state index in [1.54, 1.807) is 0 Å². The van der Waals surface area contributed by atoms with Crippen molar-refractivity contribution >= 4 is 0 Å². The fourth-order valence-corrected chi connectivity index (χ4v) is 1.66. The maximum Gasteiger partial charge on any atom is 0.160 e. The second-order valence-corrected chi connectivity index (χ2v) is 6.63. The van der Waals surface area contributed by atoms with Crippen molar-refractivity contribution in [2.45, 2.75) is 60.4 Å². The van der Waals surface area contributed by atoms with Crippen molar-refractivity contribution in [1.82, 2.24) is 15.3 Å². The van der Waals surface area contributed by atoms with Gasteiger partial charge in [0.2, 0.25) is 0 Å². The first kappa shape index (κ1) is 16.9. The van der Waals surface area contributed by atoms with Gasteiger partial charge in [0.1, 0.15) is 5.82 Å². The van der Waals surface area contributed by atoms with E-state index in [4.69, 9.17) is 4.74 Å². The van der Waals surface area contributed by atoms with Crippen molar-refractivity contribution in [3.8, 4) is 5.75 Å². The second-order valence-electron chi connectivity index (χ2n) is 6.63. The third kappa shape index (κ3) is 5.87. The molecule has 1 rings (SSSR count). The zero-order chi connectivity index (χ0) is 15.2. The lowest BCUT2D eigenvalue weighted by Crippen LogP contribution is -2.17. The summed E-state index contributed by atoms with van der Waals surface area (Å²) >= 11 is 0. The first-order valence-electron chi connectivity index (χ1n) is 7.53. The molecule has 0 saturated carbocycles.